The van der Waals surface area contributed by atoms with Crippen molar-refractivity contribution in [1.82, 2.24) is 15.6 Å². The molecule has 1 atom stereocenters. The Bertz CT molecular complexity index is 919. The molecule has 3 N–H and O–H groups in total. The molecule has 0 unspecified atom stereocenters. The Labute approximate surface area is 174 Å². The van der Waals surface area contributed by atoms with Crippen LogP contribution in [0.15, 0.2) is 59.5 Å². The minimum absolute atomic E-state index is 0.0595. The number of sulfonamides is 1. The van der Waals surface area contributed by atoms with E-state index in [1.54, 1.807) is 42.5 Å². The lowest BCUT2D eigenvalue weighted by Crippen LogP contribution is -2.52. The summed E-state index contributed by atoms with van der Waals surface area (Å²) >= 11 is 1.48. The summed E-state index contributed by atoms with van der Waals surface area (Å²) in [6.07, 6.45) is 2.11. The molecular weight excluding hydrogens is 414 g/mol. The first-order chi connectivity index (χ1) is 13.9. The lowest BCUT2D eigenvalue weighted by atomic mass is 10.2. The molecule has 2 aromatic rings. The Kier molecular flexibility index (Phi) is 8.50. The van der Waals surface area contributed by atoms with Crippen molar-refractivity contribution < 1.29 is 22.7 Å². The number of carbonyl (C=O) groups excluding carboxylic acids is 2. The van der Waals surface area contributed by atoms with Crippen molar-refractivity contribution >= 4 is 33.6 Å². The van der Waals surface area contributed by atoms with Crippen molar-refractivity contribution in [2.75, 3.05) is 19.1 Å². The Balaban J connectivity index is 2.03. The smallest absolute Gasteiger partial charge is 0.269 e. The highest BCUT2D eigenvalue weighted by Gasteiger charge is 2.25. The van der Waals surface area contributed by atoms with E-state index in [9.17, 15) is 18.0 Å². The number of ether oxygens (including phenoxy) is 1. The number of rotatable bonds is 9. The molecule has 0 aliphatic carbocycles. The van der Waals surface area contributed by atoms with Crippen molar-refractivity contribution in [3.8, 4) is 5.75 Å². The molecule has 0 bridgehead atoms. The molecule has 0 radical (unpaired) electrons. The fourth-order valence-corrected chi connectivity index (χ4v) is 4.08. The molecule has 0 heterocycles. The predicted octanol–water partition coefficient (Wildman–Crippen LogP) is 1.56. The standard InChI is InChI=1S/C19H23N3O5S2/c1-27-15-10-8-14(9-11-15)18(23)20-21-19(24)17(12-13-28-2)22-29(25,26)16-6-4-3-5-7-16/h3-11,17,22H,12-13H2,1-2H3,(H,20,23)(H,21,24)/t17-/m0/s1. The van der Waals surface area contributed by atoms with Crippen LogP contribution in [0.4, 0.5) is 0 Å². The molecule has 10 heteroatoms. The second kappa shape index (κ2) is 10.8. The van der Waals surface area contributed by atoms with E-state index >= 15 is 0 Å². The van der Waals surface area contributed by atoms with Gasteiger partial charge in [-0.1, -0.05) is 18.2 Å². The molecule has 0 saturated heterocycles. The first kappa shape index (κ1) is 22.7. The van der Waals surface area contributed by atoms with Crippen LogP contribution in [0.1, 0.15) is 16.8 Å². The molecule has 0 fully saturated rings. The Morgan fingerprint density at radius 3 is 2.28 bits per heavy atom. The van der Waals surface area contributed by atoms with Gasteiger partial charge in [0.25, 0.3) is 11.8 Å². The van der Waals surface area contributed by atoms with E-state index in [2.05, 4.69) is 15.6 Å². The van der Waals surface area contributed by atoms with Crippen LogP contribution in [0.5, 0.6) is 5.75 Å². The van der Waals surface area contributed by atoms with Crippen molar-refractivity contribution in [2.24, 2.45) is 0 Å². The molecule has 0 aromatic heterocycles. The van der Waals surface area contributed by atoms with E-state index in [0.29, 0.717) is 17.1 Å². The number of hydrogen-bond acceptors (Lipinski definition) is 6. The number of hydrazine groups is 1. The molecule has 2 rings (SSSR count). The van der Waals surface area contributed by atoms with E-state index < -0.39 is 27.9 Å². The van der Waals surface area contributed by atoms with Crippen LogP contribution in [0.3, 0.4) is 0 Å². The summed E-state index contributed by atoms with van der Waals surface area (Å²) in [7, 11) is -2.37. The van der Waals surface area contributed by atoms with Crippen molar-refractivity contribution in [3.63, 3.8) is 0 Å². The minimum atomic E-state index is -3.88. The maximum atomic E-state index is 12.5. The summed E-state index contributed by atoms with van der Waals surface area (Å²) in [6, 6.07) is 13.1. The first-order valence-corrected chi connectivity index (χ1v) is 11.6. The number of amides is 2. The van der Waals surface area contributed by atoms with E-state index in [-0.39, 0.29) is 11.3 Å². The summed E-state index contributed by atoms with van der Waals surface area (Å²) < 4.78 is 32.5. The average molecular weight is 438 g/mol. The summed E-state index contributed by atoms with van der Waals surface area (Å²) in [5.41, 5.74) is 4.90. The van der Waals surface area contributed by atoms with Crippen LogP contribution >= 0.6 is 11.8 Å². The summed E-state index contributed by atoms with van der Waals surface area (Å²) in [6.45, 7) is 0. The highest BCUT2D eigenvalue weighted by atomic mass is 32.2. The zero-order valence-electron chi connectivity index (χ0n) is 16.0. The second-order valence-corrected chi connectivity index (χ2v) is 8.64. The third kappa shape index (κ3) is 6.77. The molecular formula is C19H23N3O5S2. The van der Waals surface area contributed by atoms with Gasteiger partial charge in [-0.3, -0.25) is 20.4 Å². The van der Waals surface area contributed by atoms with E-state index in [1.807, 2.05) is 6.26 Å². The van der Waals surface area contributed by atoms with Gasteiger partial charge >= 0.3 is 0 Å². The number of methoxy groups -OCH3 is 1. The number of hydrogen-bond donors (Lipinski definition) is 3. The molecule has 0 spiro atoms. The molecule has 2 amide bonds. The third-order valence-electron chi connectivity index (χ3n) is 3.93. The molecule has 0 saturated carbocycles. The molecule has 0 aliphatic rings. The van der Waals surface area contributed by atoms with Crippen LogP contribution < -0.4 is 20.3 Å². The molecule has 29 heavy (non-hydrogen) atoms. The Morgan fingerprint density at radius 2 is 1.69 bits per heavy atom. The molecule has 2 aromatic carbocycles. The fourth-order valence-electron chi connectivity index (χ4n) is 2.35. The van der Waals surface area contributed by atoms with Gasteiger partial charge < -0.3 is 4.74 Å². The number of carbonyl (C=O) groups is 2. The van der Waals surface area contributed by atoms with Gasteiger partial charge in [0.2, 0.25) is 10.0 Å². The Morgan fingerprint density at radius 1 is 1.03 bits per heavy atom. The SMILES string of the molecule is COc1ccc(C(=O)NNC(=O)[C@H](CCSC)NS(=O)(=O)c2ccccc2)cc1. The third-order valence-corrected chi connectivity index (χ3v) is 6.06. The lowest BCUT2D eigenvalue weighted by Gasteiger charge is -2.18. The van der Waals surface area contributed by atoms with Gasteiger partial charge in [0.05, 0.1) is 12.0 Å². The first-order valence-electron chi connectivity index (χ1n) is 8.68. The number of benzene rings is 2. The zero-order valence-corrected chi connectivity index (χ0v) is 17.7. The van der Waals surface area contributed by atoms with Gasteiger partial charge in [-0.2, -0.15) is 16.5 Å². The van der Waals surface area contributed by atoms with Crippen molar-refractivity contribution in [1.29, 1.82) is 0 Å². The van der Waals surface area contributed by atoms with Gasteiger partial charge in [-0.25, -0.2) is 8.42 Å². The molecule has 156 valence electrons. The van der Waals surface area contributed by atoms with Gasteiger partial charge in [0.1, 0.15) is 11.8 Å². The van der Waals surface area contributed by atoms with Gasteiger partial charge in [-0.05, 0) is 54.8 Å². The maximum Gasteiger partial charge on any atom is 0.269 e. The number of thioether (sulfide) groups is 1. The highest BCUT2D eigenvalue weighted by Crippen LogP contribution is 2.12. The monoisotopic (exact) mass is 437 g/mol. The topological polar surface area (TPSA) is 114 Å². The average Bonchev–Trinajstić information content (AvgIpc) is 2.75. The van der Waals surface area contributed by atoms with Crippen LogP contribution in [0.2, 0.25) is 0 Å². The fraction of sp³-hybridized carbons (Fsp3) is 0.263. The lowest BCUT2D eigenvalue weighted by molar-refractivity contribution is -0.123. The normalized spacial score (nSPS) is 12.1. The number of nitrogens with one attached hydrogen (secondary N) is 3. The summed E-state index contributed by atoms with van der Waals surface area (Å²) in [4.78, 5) is 24.8. The highest BCUT2D eigenvalue weighted by molar-refractivity contribution is 7.98. The van der Waals surface area contributed by atoms with Crippen LogP contribution in [-0.2, 0) is 14.8 Å². The van der Waals surface area contributed by atoms with E-state index in [1.165, 1.54) is 31.0 Å². The maximum absolute atomic E-state index is 12.5. The van der Waals surface area contributed by atoms with Crippen LogP contribution in [0.25, 0.3) is 0 Å². The van der Waals surface area contributed by atoms with Gasteiger partial charge in [0, 0.05) is 5.56 Å². The van der Waals surface area contributed by atoms with Gasteiger partial charge in [0.15, 0.2) is 0 Å². The minimum Gasteiger partial charge on any atom is -0.497 e. The zero-order chi connectivity index (χ0) is 21.3. The Hall–Kier alpha value is -2.56. The molecule has 0 aliphatic heterocycles. The van der Waals surface area contributed by atoms with Crippen molar-refractivity contribution in [3.05, 3.63) is 60.2 Å². The van der Waals surface area contributed by atoms with Crippen molar-refractivity contribution in [2.45, 2.75) is 17.4 Å². The van der Waals surface area contributed by atoms with E-state index in [0.717, 1.165) is 0 Å². The molecule has 8 nitrogen and oxygen atoms in total. The van der Waals surface area contributed by atoms with Gasteiger partial charge in [-0.15, -0.1) is 0 Å². The predicted molar refractivity (Wildman–Crippen MR) is 112 cm³/mol. The summed E-state index contributed by atoms with van der Waals surface area (Å²) in [5.74, 6) is -0.0315. The summed E-state index contributed by atoms with van der Waals surface area (Å²) in [5, 5.41) is 0. The largest absolute Gasteiger partial charge is 0.497 e. The second-order valence-electron chi connectivity index (χ2n) is 5.94. The van der Waals surface area contributed by atoms with Crippen LogP contribution in [0, 0.1) is 0 Å². The quantitative estimate of drug-likeness (QED) is 0.513. The van der Waals surface area contributed by atoms with E-state index in [4.69, 9.17) is 4.74 Å². The van der Waals surface area contributed by atoms with Crippen LogP contribution in [-0.4, -0.2) is 45.4 Å².